The Morgan fingerprint density at radius 3 is 2.56 bits per heavy atom. The molecule has 1 rings (SSSR count). The van der Waals surface area contributed by atoms with Crippen molar-refractivity contribution in [1.82, 2.24) is 4.31 Å². The van der Waals surface area contributed by atoms with Crippen molar-refractivity contribution in [3.63, 3.8) is 0 Å². The van der Waals surface area contributed by atoms with Crippen LogP contribution in [0.5, 0.6) is 0 Å². The lowest BCUT2D eigenvalue weighted by Crippen LogP contribution is -2.36. The Bertz CT molecular complexity index is 472. The van der Waals surface area contributed by atoms with Crippen molar-refractivity contribution in [2.45, 2.75) is 24.8 Å². The van der Waals surface area contributed by atoms with E-state index in [0.29, 0.717) is 4.90 Å². The van der Waals surface area contributed by atoms with Gasteiger partial charge in [0.05, 0.1) is 8.68 Å². The normalized spacial score (nSPS) is 14.4. The summed E-state index contributed by atoms with van der Waals surface area (Å²) in [5.74, 6) is 0.278. The number of hydrogen-bond donors (Lipinski definition) is 0. The number of sulfonamides is 1. The van der Waals surface area contributed by atoms with Gasteiger partial charge in [-0.15, -0.1) is 22.9 Å². The SMILES string of the molecule is Cc1sc(Br)cc1S(=O)(=O)N(C)C(C)CCl. The smallest absolute Gasteiger partial charge is 0.207 e. The van der Waals surface area contributed by atoms with Crippen LogP contribution in [0.2, 0.25) is 0 Å². The molecule has 1 atom stereocenters. The van der Waals surface area contributed by atoms with Crippen LogP contribution in [0.4, 0.5) is 0 Å². The molecule has 0 radical (unpaired) electrons. The summed E-state index contributed by atoms with van der Waals surface area (Å²) in [6, 6.07) is 1.41. The Morgan fingerprint density at radius 2 is 2.19 bits per heavy atom. The first-order valence-corrected chi connectivity index (χ1v) is 8.19. The molecule has 0 saturated heterocycles. The lowest BCUT2D eigenvalue weighted by atomic mass is 10.4. The molecule has 0 fully saturated rings. The first-order valence-electron chi connectivity index (χ1n) is 4.60. The fraction of sp³-hybridized carbons (Fsp3) is 0.556. The molecule has 3 nitrogen and oxygen atoms in total. The van der Waals surface area contributed by atoms with Crippen molar-refractivity contribution >= 4 is 48.9 Å². The molecule has 0 spiro atoms. The number of alkyl halides is 1. The Balaban J connectivity index is 3.17. The van der Waals surface area contributed by atoms with E-state index in [9.17, 15) is 8.42 Å². The number of aryl methyl sites for hydroxylation is 1. The van der Waals surface area contributed by atoms with Crippen molar-refractivity contribution < 1.29 is 8.42 Å². The zero-order chi connectivity index (χ0) is 12.5. The predicted octanol–water partition coefficient (Wildman–Crippen LogP) is 3.07. The average Bonchev–Trinajstić information content (AvgIpc) is 2.56. The van der Waals surface area contributed by atoms with Gasteiger partial charge in [-0.2, -0.15) is 4.31 Å². The maximum absolute atomic E-state index is 12.2. The zero-order valence-corrected chi connectivity index (χ0v) is 13.2. The number of hydrogen-bond acceptors (Lipinski definition) is 3. The van der Waals surface area contributed by atoms with Crippen LogP contribution in [0.3, 0.4) is 0 Å². The predicted molar refractivity (Wildman–Crippen MR) is 71.9 cm³/mol. The minimum atomic E-state index is -3.43. The molecule has 1 unspecified atom stereocenters. The molecule has 0 aliphatic heterocycles. The number of rotatable bonds is 4. The standard InChI is InChI=1S/C9H13BrClNO2S2/c1-6(5-11)12(3)16(13,14)8-4-9(10)15-7(8)2/h4,6H,5H2,1-3H3. The van der Waals surface area contributed by atoms with Crippen molar-refractivity contribution in [2.24, 2.45) is 0 Å². The fourth-order valence-electron chi connectivity index (χ4n) is 1.18. The molecule has 7 heteroatoms. The third kappa shape index (κ3) is 2.79. The van der Waals surface area contributed by atoms with Crippen LogP contribution < -0.4 is 0 Å². The number of halogens is 2. The average molecular weight is 347 g/mol. The lowest BCUT2D eigenvalue weighted by Gasteiger charge is -2.22. The summed E-state index contributed by atoms with van der Waals surface area (Å²) in [6.07, 6.45) is 0. The molecule has 0 aromatic carbocycles. The van der Waals surface area contributed by atoms with Crippen molar-refractivity contribution in [3.8, 4) is 0 Å². The third-order valence-corrected chi connectivity index (χ3v) is 6.57. The van der Waals surface area contributed by atoms with E-state index in [1.165, 1.54) is 15.6 Å². The topological polar surface area (TPSA) is 37.4 Å². The largest absolute Gasteiger partial charge is 0.244 e. The maximum atomic E-state index is 12.2. The van der Waals surface area contributed by atoms with Gasteiger partial charge in [-0.3, -0.25) is 0 Å². The van der Waals surface area contributed by atoms with E-state index in [0.717, 1.165) is 8.66 Å². The van der Waals surface area contributed by atoms with Crippen molar-refractivity contribution in [3.05, 3.63) is 14.7 Å². The zero-order valence-electron chi connectivity index (χ0n) is 9.20. The molecule has 0 saturated carbocycles. The molecule has 1 aromatic rings. The van der Waals surface area contributed by atoms with Gasteiger partial charge in [0.1, 0.15) is 0 Å². The van der Waals surface area contributed by atoms with Crippen molar-refractivity contribution in [1.29, 1.82) is 0 Å². The summed E-state index contributed by atoms with van der Waals surface area (Å²) < 4.78 is 26.6. The van der Waals surface area contributed by atoms with Crippen LogP contribution in [0, 0.1) is 6.92 Å². The van der Waals surface area contributed by atoms with Gasteiger partial charge in [-0.25, -0.2) is 8.42 Å². The van der Waals surface area contributed by atoms with Crippen LogP contribution in [0.15, 0.2) is 14.7 Å². The molecule has 0 amide bonds. The second kappa shape index (κ2) is 5.35. The van der Waals surface area contributed by atoms with Gasteiger partial charge < -0.3 is 0 Å². The van der Waals surface area contributed by atoms with E-state index in [-0.39, 0.29) is 11.9 Å². The van der Waals surface area contributed by atoms with E-state index in [1.807, 2.05) is 0 Å². The van der Waals surface area contributed by atoms with Gasteiger partial charge in [0, 0.05) is 23.8 Å². The van der Waals surface area contributed by atoms with Gasteiger partial charge >= 0.3 is 0 Å². The number of nitrogens with zero attached hydrogens (tertiary/aromatic N) is 1. The van der Waals surface area contributed by atoms with E-state index in [2.05, 4.69) is 15.9 Å². The summed E-state index contributed by atoms with van der Waals surface area (Å²) in [6.45, 7) is 3.57. The van der Waals surface area contributed by atoms with Crippen molar-refractivity contribution in [2.75, 3.05) is 12.9 Å². The highest BCUT2D eigenvalue weighted by Crippen LogP contribution is 2.31. The highest BCUT2D eigenvalue weighted by molar-refractivity contribution is 9.11. The second-order valence-electron chi connectivity index (χ2n) is 3.50. The monoisotopic (exact) mass is 345 g/mol. The van der Waals surface area contributed by atoms with Gasteiger partial charge in [-0.1, -0.05) is 0 Å². The minimum absolute atomic E-state index is 0.218. The quantitative estimate of drug-likeness (QED) is 0.786. The molecule has 1 aromatic heterocycles. The molecule has 0 N–H and O–H groups in total. The second-order valence-corrected chi connectivity index (χ2v) is 8.41. The van der Waals surface area contributed by atoms with Crippen LogP contribution in [-0.4, -0.2) is 31.7 Å². The maximum Gasteiger partial charge on any atom is 0.244 e. The lowest BCUT2D eigenvalue weighted by molar-refractivity contribution is 0.413. The summed E-state index contributed by atoms with van der Waals surface area (Å²) >= 11 is 10.4. The van der Waals surface area contributed by atoms with Gasteiger partial charge in [0.2, 0.25) is 10.0 Å². The molecule has 0 aliphatic carbocycles. The summed E-state index contributed by atoms with van der Waals surface area (Å²) in [4.78, 5) is 1.13. The first-order chi connectivity index (χ1) is 7.30. The molecule has 92 valence electrons. The van der Waals surface area contributed by atoms with Gasteiger partial charge in [0.25, 0.3) is 0 Å². The third-order valence-electron chi connectivity index (χ3n) is 2.34. The Labute approximate surface area is 114 Å². The fourth-order valence-corrected chi connectivity index (χ4v) is 5.21. The highest BCUT2D eigenvalue weighted by Gasteiger charge is 2.27. The van der Waals surface area contributed by atoms with Crippen LogP contribution >= 0.6 is 38.9 Å². The van der Waals surface area contributed by atoms with E-state index >= 15 is 0 Å². The molecular weight excluding hydrogens is 334 g/mol. The van der Waals surface area contributed by atoms with E-state index in [1.54, 1.807) is 27.0 Å². The van der Waals surface area contributed by atoms with E-state index in [4.69, 9.17) is 11.6 Å². The van der Waals surface area contributed by atoms with Gasteiger partial charge in [-0.05, 0) is 35.8 Å². The van der Waals surface area contributed by atoms with Crippen LogP contribution in [0.1, 0.15) is 11.8 Å². The molecule has 1 heterocycles. The van der Waals surface area contributed by atoms with E-state index < -0.39 is 10.0 Å². The molecule has 0 aliphatic rings. The molecule has 0 bridgehead atoms. The number of thiophene rings is 1. The molecular formula is C9H13BrClNO2S2. The Morgan fingerprint density at radius 1 is 1.62 bits per heavy atom. The Hall–Kier alpha value is 0.380. The highest BCUT2D eigenvalue weighted by atomic mass is 79.9. The first kappa shape index (κ1) is 14.4. The Kier molecular flexibility index (Phi) is 4.83. The minimum Gasteiger partial charge on any atom is -0.207 e. The summed E-state index contributed by atoms with van der Waals surface area (Å²) in [5.41, 5.74) is 0. The summed E-state index contributed by atoms with van der Waals surface area (Å²) in [7, 11) is -1.88. The van der Waals surface area contributed by atoms with Crippen LogP contribution in [0.25, 0.3) is 0 Å². The summed E-state index contributed by atoms with van der Waals surface area (Å²) in [5, 5.41) is 0. The molecule has 16 heavy (non-hydrogen) atoms. The van der Waals surface area contributed by atoms with Crippen LogP contribution in [-0.2, 0) is 10.0 Å². The van der Waals surface area contributed by atoms with Gasteiger partial charge in [0.15, 0.2) is 0 Å².